The minimum absolute atomic E-state index is 0.0488. The van der Waals surface area contributed by atoms with Gasteiger partial charge in [0.15, 0.2) is 23.4 Å². The average Bonchev–Trinajstić information content (AvgIpc) is 3.17. The van der Waals surface area contributed by atoms with E-state index in [9.17, 15) is 5.26 Å². The van der Waals surface area contributed by atoms with E-state index in [1.165, 1.54) is 0 Å². The van der Waals surface area contributed by atoms with Gasteiger partial charge in [0.05, 0.1) is 12.6 Å². The Bertz CT molecular complexity index is 924. The zero-order chi connectivity index (χ0) is 16.7. The predicted octanol–water partition coefficient (Wildman–Crippen LogP) is 1.86. The van der Waals surface area contributed by atoms with Crippen molar-refractivity contribution in [1.82, 2.24) is 19.5 Å². The van der Waals surface area contributed by atoms with E-state index < -0.39 is 0 Å². The molecule has 0 radical (unpaired) electrons. The number of rotatable bonds is 2. The summed E-state index contributed by atoms with van der Waals surface area (Å²) in [6.07, 6.45) is 1.45. The number of fused-ring (bicyclic) bond motifs is 1. The van der Waals surface area contributed by atoms with Gasteiger partial charge in [-0.25, -0.2) is 4.98 Å². The summed E-state index contributed by atoms with van der Waals surface area (Å²) in [6.45, 7) is 4.89. The third-order valence-electron chi connectivity index (χ3n) is 4.00. The van der Waals surface area contributed by atoms with Gasteiger partial charge in [0, 0.05) is 12.7 Å². The fraction of sp³-hybridized carbons (Fsp3) is 0.375. The molecule has 1 aliphatic rings. The predicted molar refractivity (Wildman–Crippen MR) is 84.4 cm³/mol. The van der Waals surface area contributed by atoms with Gasteiger partial charge >= 0.3 is 0 Å². The molecule has 4 heterocycles. The molecule has 0 N–H and O–H groups in total. The summed E-state index contributed by atoms with van der Waals surface area (Å²) >= 11 is 0. The molecule has 8 nitrogen and oxygen atoms in total. The number of aromatic nitrogens is 4. The SMILES string of the molecule is Cc1noc([C@H]2CN(c3nc4ccccn4c3C#N)C[C@@H](C)O2)n1. The molecular weight excluding hydrogens is 308 g/mol. The summed E-state index contributed by atoms with van der Waals surface area (Å²) in [6, 6.07) is 7.92. The third kappa shape index (κ3) is 2.39. The van der Waals surface area contributed by atoms with Crippen LogP contribution in [0.5, 0.6) is 0 Å². The molecule has 3 aromatic heterocycles. The van der Waals surface area contributed by atoms with Gasteiger partial charge in [0.1, 0.15) is 11.7 Å². The van der Waals surface area contributed by atoms with Crippen LogP contribution in [0.4, 0.5) is 5.82 Å². The number of morpholine rings is 1. The van der Waals surface area contributed by atoms with E-state index in [0.717, 1.165) is 5.65 Å². The Morgan fingerprint density at radius 3 is 2.92 bits per heavy atom. The molecule has 0 bridgehead atoms. The van der Waals surface area contributed by atoms with Gasteiger partial charge in [-0.05, 0) is 26.0 Å². The lowest BCUT2D eigenvalue weighted by molar-refractivity contribution is -0.0333. The fourth-order valence-electron chi connectivity index (χ4n) is 3.01. The van der Waals surface area contributed by atoms with Crippen molar-refractivity contribution in [3.63, 3.8) is 0 Å². The van der Waals surface area contributed by atoms with Crippen LogP contribution in [0.25, 0.3) is 5.65 Å². The van der Waals surface area contributed by atoms with Crippen LogP contribution in [0.2, 0.25) is 0 Å². The molecule has 0 saturated carbocycles. The first-order valence-corrected chi connectivity index (χ1v) is 7.73. The second kappa shape index (κ2) is 5.62. The number of anilines is 1. The third-order valence-corrected chi connectivity index (χ3v) is 4.00. The van der Waals surface area contributed by atoms with E-state index in [-0.39, 0.29) is 12.2 Å². The molecular formula is C16H16N6O2. The lowest BCUT2D eigenvalue weighted by atomic mass is 10.2. The van der Waals surface area contributed by atoms with E-state index >= 15 is 0 Å². The first-order chi connectivity index (χ1) is 11.7. The van der Waals surface area contributed by atoms with Crippen molar-refractivity contribution in [2.45, 2.75) is 26.1 Å². The number of nitrogens with zero attached hydrogens (tertiary/aromatic N) is 6. The molecule has 3 aromatic rings. The van der Waals surface area contributed by atoms with Crippen molar-refractivity contribution in [1.29, 1.82) is 5.26 Å². The van der Waals surface area contributed by atoms with Crippen LogP contribution in [-0.2, 0) is 4.74 Å². The maximum Gasteiger partial charge on any atom is 0.257 e. The fourth-order valence-corrected chi connectivity index (χ4v) is 3.01. The summed E-state index contributed by atoms with van der Waals surface area (Å²) in [5, 5.41) is 13.4. The molecule has 0 aliphatic carbocycles. The van der Waals surface area contributed by atoms with Crippen LogP contribution in [0, 0.1) is 18.3 Å². The molecule has 0 aromatic carbocycles. The van der Waals surface area contributed by atoms with Crippen LogP contribution in [0.1, 0.15) is 30.4 Å². The van der Waals surface area contributed by atoms with Crippen LogP contribution in [-0.4, -0.2) is 38.7 Å². The second-order valence-corrected chi connectivity index (χ2v) is 5.84. The topological polar surface area (TPSA) is 92.5 Å². The highest BCUT2D eigenvalue weighted by Crippen LogP contribution is 2.29. The van der Waals surface area contributed by atoms with Crippen molar-refractivity contribution in [2.24, 2.45) is 0 Å². The standard InChI is InChI=1S/C16H16N6O2/c1-10-8-21(9-13(23-10)16-18-11(2)20-24-16)15-12(7-17)22-6-4-3-5-14(22)19-15/h3-6,10,13H,8-9H2,1-2H3/t10-,13-/m1/s1. The van der Waals surface area contributed by atoms with Gasteiger partial charge in [-0.3, -0.25) is 4.40 Å². The molecule has 0 unspecified atom stereocenters. The van der Waals surface area contributed by atoms with E-state index in [2.05, 4.69) is 21.2 Å². The second-order valence-electron chi connectivity index (χ2n) is 5.84. The molecule has 0 spiro atoms. The van der Waals surface area contributed by atoms with Gasteiger partial charge in [-0.1, -0.05) is 11.2 Å². The van der Waals surface area contributed by atoms with Crippen molar-refractivity contribution in [2.75, 3.05) is 18.0 Å². The quantitative estimate of drug-likeness (QED) is 0.710. The Balaban J connectivity index is 1.72. The van der Waals surface area contributed by atoms with Gasteiger partial charge in [-0.15, -0.1) is 0 Å². The van der Waals surface area contributed by atoms with Crippen molar-refractivity contribution in [3.05, 3.63) is 41.8 Å². The summed E-state index contributed by atoms with van der Waals surface area (Å²) in [5.74, 6) is 1.68. The van der Waals surface area contributed by atoms with Crippen molar-refractivity contribution in [3.8, 4) is 6.07 Å². The lowest BCUT2D eigenvalue weighted by Crippen LogP contribution is -2.43. The van der Waals surface area contributed by atoms with E-state index in [1.54, 1.807) is 11.3 Å². The Kier molecular flexibility index (Phi) is 3.43. The maximum absolute atomic E-state index is 9.58. The Morgan fingerprint density at radius 2 is 2.17 bits per heavy atom. The Morgan fingerprint density at radius 1 is 1.29 bits per heavy atom. The number of ether oxygens (including phenoxy) is 1. The van der Waals surface area contributed by atoms with Gasteiger partial charge in [-0.2, -0.15) is 10.2 Å². The average molecular weight is 324 g/mol. The highest BCUT2D eigenvalue weighted by atomic mass is 16.5. The minimum Gasteiger partial charge on any atom is -0.362 e. The Labute approximate surface area is 138 Å². The number of hydrogen-bond acceptors (Lipinski definition) is 7. The van der Waals surface area contributed by atoms with E-state index in [1.807, 2.05) is 36.2 Å². The molecule has 0 amide bonds. The monoisotopic (exact) mass is 324 g/mol. The largest absolute Gasteiger partial charge is 0.362 e. The summed E-state index contributed by atoms with van der Waals surface area (Å²) in [4.78, 5) is 10.9. The van der Waals surface area contributed by atoms with Crippen LogP contribution < -0.4 is 4.90 Å². The number of aryl methyl sites for hydroxylation is 1. The zero-order valence-electron chi connectivity index (χ0n) is 13.4. The first kappa shape index (κ1) is 14.7. The highest BCUT2D eigenvalue weighted by molar-refractivity contribution is 5.60. The zero-order valence-corrected chi connectivity index (χ0v) is 13.4. The molecule has 1 fully saturated rings. The summed E-state index contributed by atoms with van der Waals surface area (Å²) in [7, 11) is 0. The number of hydrogen-bond donors (Lipinski definition) is 0. The van der Waals surface area contributed by atoms with Crippen LogP contribution in [0.15, 0.2) is 28.9 Å². The molecule has 24 heavy (non-hydrogen) atoms. The van der Waals surface area contributed by atoms with Crippen LogP contribution >= 0.6 is 0 Å². The Hall–Kier alpha value is -2.92. The minimum atomic E-state index is -0.341. The van der Waals surface area contributed by atoms with E-state index in [0.29, 0.717) is 36.3 Å². The summed E-state index contributed by atoms with van der Waals surface area (Å²) < 4.78 is 13.0. The molecule has 4 rings (SSSR count). The van der Waals surface area contributed by atoms with Crippen molar-refractivity contribution < 1.29 is 9.26 Å². The smallest absolute Gasteiger partial charge is 0.257 e. The van der Waals surface area contributed by atoms with Crippen molar-refractivity contribution >= 4 is 11.5 Å². The summed E-state index contributed by atoms with van der Waals surface area (Å²) in [5.41, 5.74) is 1.26. The molecule has 2 atom stereocenters. The lowest BCUT2D eigenvalue weighted by Gasteiger charge is -2.35. The van der Waals surface area contributed by atoms with Gasteiger partial charge in [0.2, 0.25) is 0 Å². The number of pyridine rings is 1. The normalized spacial score (nSPS) is 21.1. The molecule has 1 saturated heterocycles. The van der Waals surface area contributed by atoms with Gasteiger partial charge in [0.25, 0.3) is 5.89 Å². The molecule has 122 valence electrons. The maximum atomic E-state index is 9.58. The highest BCUT2D eigenvalue weighted by Gasteiger charge is 2.32. The first-order valence-electron chi connectivity index (χ1n) is 7.73. The van der Waals surface area contributed by atoms with Gasteiger partial charge < -0.3 is 14.2 Å². The number of imidazole rings is 1. The van der Waals surface area contributed by atoms with Crippen LogP contribution in [0.3, 0.4) is 0 Å². The molecule has 1 aliphatic heterocycles. The number of nitriles is 1. The molecule has 8 heteroatoms. The van der Waals surface area contributed by atoms with E-state index in [4.69, 9.17) is 9.26 Å².